The number of carboxylic acids is 2. The number of halogens is 1. The van der Waals surface area contributed by atoms with Gasteiger partial charge in [-0.15, -0.1) is 0 Å². The minimum atomic E-state index is -1.15. The van der Waals surface area contributed by atoms with Crippen molar-refractivity contribution in [3.63, 3.8) is 0 Å². The van der Waals surface area contributed by atoms with Gasteiger partial charge in [0, 0.05) is 11.6 Å². The van der Waals surface area contributed by atoms with Crippen molar-refractivity contribution in [2.45, 2.75) is 27.2 Å². The van der Waals surface area contributed by atoms with E-state index in [9.17, 15) is 19.5 Å². The molecule has 0 saturated carbocycles. The SMILES string of the molecule is C=C(C)C(=O)O.C=C(CC)C(=O)[O-].C=CC(=O)OCC.C[NH+](C)C.[Cl-]. The summed E-state index contributed by atoms with van der Waals surface area (Å²) in [6.45, 7) is 14.9. The molecule has 0 bridgehead atoms. The molecule has 0 heterocycles. The lowest BCUT2D eigenvalue weighted by atomic mass is 10.2. The van der Waals surface area contributed by atoms with Gasteiger partial charge in [-0.2, -0.15) is 0 Å². The van der Waals surface area contributed by atoms with Gasteiger partial charge in [-0.3, -0.25) is 0 Å². The van der Waals surface area contributed by atoms with Gasteiger partial charge in [0.25, 0.3) is 0 Å². The Morgan fingerprint density at radius 1 is 1.16 bits per heavy atom. The zero-order chi connectivity index (χ0) is 20.3. The number of carbonyl (C=O) groups excluding carboxylic acids is 2. The minimum absolute atomic E-state index is 0. The van der Waals surface area contributed by atoms with Crippen molar-refractivity contribution in [1.29, 1.82) is 0 Å². The second kappa shape index (κ2) is 24.1. The lowest BCUT2D eigenvalue weighted by molar-refractivity contribution is -0.836. The van der Waals surface area contributed by atoms with Gasteiger partial charge in [-0.1, -0.05) is 26.7 Å². The van der Waals surface area contributed by atoms with Gasteiger partial charge in [-0.05, 0) is 25.8 Å². The Hall–Kier alpha value is -2.12. The molecule has 0 saturated heterocycles. The Morgan fingerprint density at radius 2 is 1.48 bits per heavy atom. The van der Waals surface area contributed by atoms with Gasteiger partial charge in [0.1, 0.15) is 0 Å². The maximum Gasteiger partial charge on any atom is 0.330 e. The molecule has 7 nitrogen and oxygen atoms in total. The minimum Gasteiger partial charge on any atom is -1.00 e. The van der Waals surface area contributed by atoms with Gasteiger partial charge >= 0.3 is 11.9 Å². The lowest BCUT2D eigenvalue weighted by Crippen LogP contribution is -3.02. The van der Waals surface area contributed by atoms with E-state index in [4.69, 9.17) is 5.11 Å². The quantitative estimate of drug-likeness (QED) is 0.385. The largest absolute Gasteiger partial charge is 1.00 e. The normalized spacial score (nSPS) is 7.64. The number of carboxylic acid groups (broad SMARTS) is 2. The van der Waals surface area contributed by atoms with Crippen LogP contribution in [0, 0.1) is 0 Å². The van der Waals surface area contributed by atoms with E-state index < -0.39 is 11.9 Å². The van der Waals surface area contributed by atoms with Crippen LogP contribution in [0.4, 0.5) is 0 Å². The van der Waals surface area contributed by atoms with Gasteiger partial charge in [0.2, 0.25) is 0 Å². The highest BCUT2D eigenvalue weighted by molar-refractivity contribution is 5.84. The average molecular weight is 381 g/mol. The molecule has 0 spiro atoms. The smallest absolute Gasteiger partial charge is 0.330 e. The lowest BCUT2D eigenvalue weighted by Gasteiger charge is -1.98. The summed E-state index contributed by atoms with van der Waals surface area (Å²) in [5.41, 5.74) is 0.329. The number of rotatable bonds is 5. The molecule has 25 heavy (non-hydrogen) atoms. The molecule has 0 fully saturated rings. The fourth-order valence-corrected chi connectivity index (χ4v) is 0.346. The summed E-state index contributed by atoms with van der Waals surface area (Å²) in [6, 6.07) is 0. The third-order valence-corrected chi connectivity index (χ3v) is 1.53. The summed E-state index contributed by atoms with van der Waals surface area (Å²) in [5.74, 6) is -2.44. The second-order valence-electron chi connectivity index (χ2n) is 4.79. The van der Waals surface area contributed by atoms with Crippen molar-refractivity contribution in [2.24, 2.45) is 0 Å². The molecule has 0 unspecified atom stereocenters. The molecule has 0 radical (unpaired) electrons. The van der Waals surface area contributed by atoms with Crippen LogP contribution < -0.4 is 22.4 Å². The van der Waals surface area contributed by atoms with E-state index in [0.717, 1.165) is 6.08 Å². The molecule has 0 aromatic carbocycles. The summed E-state index contributed by atoms with van der Waals surface area (Å²) in [5, 5.41) is 17.6. The molecule has 0 amide bonds. The first-order valence-corrected chi connectivity index (χ1v) is 7.20. The molecule has 148 valence electrons. The van der Waals surface area contributed by atoms with Crippen molar-refractivity contribution in [2.75, 3.05) is 27.7 Å². The topological polar surface area (TPSA) is 108 Å². The van der Waals surface area contributed by atoms with Crippen LogP contribution >= 0.6 is 0 Å². The number of aliphatic carboxylic acids is 2. The zero-order valence-electron chi connectivity index (χ0n) is 16.0. The summed E-state index contributed by atoms with van der Waals surface area (Å²) < 4.78 is 4.43. The second-order valence-corrected chi connectivity index (χ2v) is 4.79. The van der Waals surface area contributed by atoms with Crippen LogP contribution in [0.3, 0.4) is 0 Å². The van der Waals surface area contributed by atoms with Crippen molar-refractivity contribution >= 4 is 17.9 Å². The molecule has 8 heteroatoms. The van der Waals surface area contributed by atoms with E-state index in [1.54, 1.807) is 13.8 Å². The van der Waals surface area contributed by atoms with Crippen molar-refractivity contribution in [3.05, 3.63) is 37.0 Å². The predicted molar refractivity (Wildman–Crippen MR) is 92.5 cm³/mol. The van der Waals surface area contributed by atoms with Gasteiger partial charge in [-0.25, -0.2) is 9.59 Å². The summed E-state index contributed by atoms with van der Waals surface area (Å²) in [6.07, 6.45) is 1.60. The number of ether oxygens (including phenoxy) is 1. The highest BCUT2D eigenvalue weighted by Crippen LogP contribution is 1.90. The van der Waals surface area contributed by atoms with Crippen LogP contribution in [-0.2, 0) is 19.1 Å². The monoisotopic (exact) mass is 380 g/mol. The fourth-order valence-electron chi connectivity index (χ4n) is 0.346. The van der Waals surface area contributed by atoms with Crippen LogP contribution in [0.25, 0.3) is 0 Å². The molecule has 0 aromatic heterocycles. The number of nitrogens with one attached hydrogen (secondary N) is 1. The Bertz CT molecular complexity index is 403. The molecule has 0 atom stereocenters. The Morgan fingerprint density at radius 3 is 1.52 bits per heavy atom. The molecule has 0 aromatic rings. The van der Waals surface area contributed by atoms with Crippen LogP contribution in [0.1, 0.15) is 27.2 Å². The molecule has 0 aliphatic rings. The van der Waals surface area contributed by atoms with Crippen molar-refractivity contribution in [3.8, 4) is 0 Å². The van der Waals surface area contributed by atoms with E-state index >= 15 is 0 Å². The highest BCUT2D eigenvalue weighted by Gasteiger charge is 1.90. The van der Waals surface area contributed by atoms with Gasteiger partial charge in [0.05, 0.1) is 33.7 Å². The maximum atomic E-state index is 10.1. The Balaban J connectivity index is -0.0000000715. The van der Waals surface area contributed by atoms with Crippen molar-refractivity contribution in [1.82, 2.24) is 0 Å². The third kappa shape index (κ3) is 52.1. The van der Waals surface area contributed by atoms with Crippen LogP contribution in [0.15, 0.2) is 37.0 Å². The number of esters is 1. The summed E-state index contributed by atoms with van der Waals surface area (Å²) >= 11 is 0. The third-order valence-electron chi connectivity index (χ3n) is 1.53. The van der Waals surface area contributed by atoms with E-state index in [1.165, 1.54) is 11.8 Å². The number of carbonyl (C=O) groups is 3. The summed E-state index contributed by atoms with van der Waals surface area (Å²) in [7, 11) is 6.25. The van der Waals surface area contributed by atoms with Crippen molar-refractivity contribution < 1.29 is 46.6 Å². The van der Waals surface area contributed by atoms with E-state index in [2.05, 4.69) is 45.6 Å². The molecule has 2 N–H and O–H groups in total. The molecular formula is C17H31ClNO6-. The summed E-state index contributed by atoms with van der Waals surface area (Å²) in [4.78, 5) is 30.8. The number of quaternary nitrogens is 1. The highest BCUT2D eigenvalue weighted by atomic mass is 35.5. The first-order chi connectivity index (χ1) is 10.9. The predicted octanol–water partition coefficient (Wildman–Crippen LogP) is -3.15. The van der Waals surface area contributed by atoms with Gasteiger partial charge < -0.3 is 37.1 Å². The molecule has 0 aliphatic heterocycles. The molecular weight excluding hydrogens is 350 g/mol. The van der Waals surface area contributed by atoms with Gasteiger partial charge in [0.15, 0.2) is 0 Å². The van der Waals surface area contributed by atoms with Crippen LogP contribution in [0.5, 0.6) is 0 Å². The standard InChI is InChI=1S/2C5H8O2.C4H6O2.C3H9N.ClH/c1-3-5(6)7-4-2;1-3-4(2)5(6)7;1-3(2)4(5)6;1-4(2)3;/h3H,1,4H2,2H3;2-3H2,1H3,(H,6,7);1H2,2H3,(H,5,6);1-3H3;1H/p-1. The zero-order valence-corrected chi connectivity index (χ0v) is 16.7. The first-order valence-electron chi connectivity index (χ1n) is 7.20. The maximum absolute atomic E-state index is 10.1. The van der Waals surface area contributed by atoms with E-state index in [1.807, 2.05) is 0 Å². The number of hydrogen-bond acceptors (Lipinski definition) is 5. The number of hydrogen-bond donors (Lipinski definition) is 2. The molecule has 0 rings (SSSR count). The fraction of sp³-hybridized carbons (Fsp3) is 0.471. The Labute approximate surface area is 157 Å². The molecule has 0 aliphatic carbocycles. The van der Waals surface area contributed by atoms with E-state index in [-0.39, 0.29) is 29.5 Å². The van der Waals surface area contributed by atoms with Crippen LogP contribution in [-0.4, -0.2) is 50.8 Å². The first kappa shape index (κ1) is 34.3. The van der Waals surface area contributed by atoms with Crippen LogP contribution in [0.2, 0.25) is 0 Å². The average Bonchev–Trinajstić information content (AvgIpc) is 2.47. The Kier molecular flexibility index (Phi) is 33.1. The van der Waals surface area contributed by atoms with E-state index in [0.29, 0.717) is 13.0 Å².